The molecule has 4 fully saturated rings. The molecule has 0 radical (unpaired) electrons. The van der Waals surface area contributed by atoms with Crippen molar-refractivity contribution in [2.45, 2.75) is 63.1 Å². The lowest BCUT2D eigenvalue weighted by Gasteiger charge is -2.40. The van der Waals surface area contributed by atoms with E-state index in [1.54, 1.807) is 0 Å². The van der Waals surface area contributed by atoms with Gasteiger partial charge >= 0.3 is 0 Å². The predicted molar refractivity (Wildman–Crippen MR) is 79.0 cm³/mol. The van der Waals surface area contributed by atoms with Crippen molar-refractivity contribution >= 4 is 0 Å². The highest BCUT2D eigenvalue weighted by molar-refractivity contribution is 4.95. The number of morpholine rings is 1. The zero-order chi connectivity index (χ0) is 13.5. The number of ether oxygens (including phenoxy) is 1. The Kier molecular flexibility index (Phi) is 3.75. The molecule has 4 heteroatoms. The van der Waals surface area contributed by atoms with E-state index in [1.807, 2.05) is 0 Å². The van der Waals surface area contributed by atoms with Crippen molar-refractivity contribution in [1.82, 2.24) is 10.3 Å². The maximum absolute atomic E-state index is 6.15. The summed E-state index contributed by atoms with van der Waals surface area (Å²) in [5, 5.41) is 0. The van der Waals surface area contributed by atoms with Crippen LogP contribution in [0.2, 0.25) is 0 Å². The second kappa shape index (κ2) is 5.56. The number of hydrogen-bond acceptors (Lipinski definition) is 4. The molecule has 20 heavy (non-hydrogen) atoms. The molecule has 0 spiro atoms. The van der Waals surface area contributed by atoms with Crippen LogP contribution < -0.4 is 11.3 Å². The first-order valence-electron chi connectivity index (χ1n) is 8.65. The highest BCUT2D eigenvalue weighted by Crippen LogP contribution is 2.50. The van der Waals surface area contributed by atoms with Gasteiger partial charge in [-0.2, -0.15) is 0 Å². The molecular weight excluding hydrogens is 250 g/mol. The Balaban J connectivity index is 1.35. The van der Waals surface area contributed by atoms with Gasteiger partial charge in [0, 0.05) is 18.6 Å². The highest BCUT2D eigenvalue weighted by atomic mass is 16.5. The molecule has 4 nitrogen and oxygen atoms in total. The zero-order valence-corrected chi connectivity index (χ0v) is 12.5. The van der Waals surface area contributed by atoms with Crippen LogP contribution in [-0.4, -0.2) is 42.8 Å². The van der Waals surface area contributed by atoms with E-state index >= 15 is 0 Å². The van der Waals surface area contributed by atoms with Gasteiger partial charge in [-0.15, -0.1) is 0 Å². The van der Waals surface area contributed by atoms with Crippen LogP contribution in [0.4, 0.5) is 0 Å². The molecule has 114 valence electrons. The van der Waals surface area contributed by atoms with Crippen LogP contribution in [-0.2, 0) is 4.74 Å². The molecule has 0 aromatic rings. The average Bonchev–Trinajstić information content (AvgIpc) is 3.19. The van der Waals surface area contributed by atoms with E-state index in [4.69, 9.17) is 10.6 Å². The third-order valence-electron chi connectivity index (χ3n) is 6.52. The minimum absolute atomic E-state index is 0.300. The van der Waals surface area contributed by atoms with Crippen molar-refractivity contribution in [1.29, 1.82) is 0 Å². The van der Waals surface area contributed by atoms with E-state index < -0.39 is 0 Å². The largest absolute Gasteiger partial charge is 0.374 e. The first-order valence-corrected chi connectivity index (χ1v) is 8.65. The van der Waals surface area contributed by atoms with Gasteiger partial charge in [0.25, 0.3) is 0 Å². The SMILES string of the molecule is NNC(CC1CC2CCC1C2)C1CN2CCCC2CO1. The number of fused-ring (bicyclic) bond motifs is 3. The Labute approximate surface area is 122 Å². The van der Waals surface area contributed by atoms with E-state index in [0.29, 0.717) is 18.2 Å². The fraction of sp³-hybridized carbons (Fsp3) is 1.00. The summed E-state index contributed by atoms with van der Waals surface area (Å²) in [7, 11) is 0. The smallest absolute Gasteiger partial charge is 0.0869 e. The van der Waals surface area contributed by atoms with Crippen LogP contribution in [0, 0.1) is 17.8 Å². The fourth-order valence-electron chi connectivity index (χ4n) is 5.40. The molecule has 6 unspecified atom stereocenters. The second-order valence-corrected chi connectivity index (χ2v) is 7.61. The molecule has 2 saturated heterocycles. The van der Waals surface area contributed by atoms with Gasteiger partial charge in [0.15, 0.2) is 0 Å². The van der Waals surface area contributed by atoms with E-state index in [1.165, 1.54) is 51.5 Å². The molecule has 0 aromatic carbocycles. The molecule has 6 atom stereocenters. The monoisotopic (exact) mass is 279 g/mol. The summed E-state index contributed by atoms with van der Waals surface area (Å²) in [6.07, 6.45) is 10.1. The number of nitrogens with two attached hydrogens (primary N) is 1. The number of nitrogens with zero attached hydrogens (tertiary/aromatic N) is 1. The molecule has 2 bridgehead atoms. The van der Waals surface area contributed by atoms with Gasteiger partial charge in [0.05, 0.1) is 12.7 Å². The third kappa shape index (κ3) is 2.41. The molecule has 4 aliphatic rings. The average molecular weight is 279 g/mol. The van der Waals surface area contributed by atoms with Gasteiger partial charge in [0.1, 0.15) is 0 Å². The van der Waals surface area contributed by atoms with Crippen LogP contribution in [0.15, 0.2) is 0 Å². The molecule has 2 heterocycles. The van der Waals surface area contributed by atoms with Crippen LogP contribution in [0.3, 0.4) is 0 Å². The van der Waals surface area contributed by atoms with Crippen molar-refractivity contribution in [2.24, 2.45) is 23.6 Å². The number of hydrazine groups is 1. The minimum Gasteiger partial charge on any atom is -0.374 e. The summed E-state index contributed by atoms with van der Waals surface area (Å²) in [4.78, 5) is 2.62. The zero-order valence-electron chi connectivity index (χ0n) is 12.5. The van der Waals surface area contributed by atoms with Crippen molar-refractivity contribution in [3.05, 3.63) is 0 Å². The van der Waals surface area contributed by atoms with Crippen LogP contribution in [0.1, 0.15) is 44.9 Å². The Bertz CT molecular complexity index is 351. The van der Waals surface area contributed by atoms with Gasteiger partial charge in [-0.1, -0.05) is 6.42 Å². The van der Waals surface area contributed by atoms with E-state index in [-0.39, 0.29) is 0 Å². The van der Waals surface area contributed by atoms with Gasteiger partial charge in [-0.05, 0) is 62.8 Å². The van der Waals surface area contributed by atoms with E-state index in [0.717, 1.165) is 30.9 Å². The maximum atomic E-state index is 6.15. The summed E-state index contributed by atoms with van der Waals surface area (Å²) in [6, 6.07) is 1.04. The predicted octanol–water partition coefficient (Wildman–Crippen LogP) is 1.51. The first-order chi connectivity index (χ1) is 9.83. The van der Waals surface area contributed by atoms with Crippen LogP contribution in [0.25, 0.3) is 0 Å². The topological polar surface area (TPSA) is 50.5 Å². The van der Waals surface area contributed by atoms with Gasteiger partial charge in [-0.25, -0.2) is 0 Å². The van der Waals surface area contributed by atoms with Crippen LogP contribution >= 0.6 is 0 Å². The number of hydrogen-bond donors (Lipinski definition) is 2. The van der Waals surface area contributed by atoms with Crippen molar-refractivity contribution in [2.75, 3.05) is 19.7 Å². The normalized spacial score (nSPS) is 45.8. The Morgan fingerprint density at radius 3 is 2.95 bits per heavy atom. The Hall–Kier alpha value is -0.160. The summed E-state index contributed by atoms with van der Waals surface area (Å²) in [5.41, 5.74) is 3.09. The van der Waals surface area contributed by atoms with Gasteiger partial charge < -0.3 is 4.74 Å². The maximum Gasteiger partial charge on any atom is 0.0869 e. The quantitative estimate of drug-likeness (QED) is 0.605. The lowest BCUT2D eigenvalue weighted by atomic mass is 9.83. The van der Waals surface area contributed by atoms with Crippen molar-refractivity contribution in [3.63, 3.8) is 0 Å². The number of nitrogens with one attached hydrogen (secondary N) is 1. The van der Waals surface area contributed by atoms with Crippen LogP contribution in [0.5, 0.6) is 0 Å². The fourth-order valence-corrected chi connectivity index (χ4v) is 5.40. The molecule has 2 aliphatic carbocycles. The Morgan fingerprint density at radius 1 is 1.25 bits per heavy atom. The number of rotatable bonds is 4. The molecule has 4 rings (SSSR count). The summed E-state index contributed by atoms with van der Waals surface area (Å²) in [6.45, 7) is 3.26. The summed E-state index contributed by atoms with van der Waals surface area (Å²) >= 11 is 0. The second-order valence-electron chi connectivity index (χ2n) is 7.61. The van der Waals surface area contributed by atoms with E-state index in [2.05, 4.69) is 10.3 Å². The molecule has 2 aliphatic heterocycles. The molecule has 0 amide bonds. The highest BCUT2D eigenvalue weighted by Gasteiger charge is 2.42. The summed E-state index contributed by atoms with van der Waals surface area (Å²) < 4.78 is 6.15. The lowest BCUT2D eigenvalue weighted by Crippen LogP contribution is -2.56. The lowest BCUT2D eigenvalue weighted by molar-refractivity contribution is -0.0686. The van der Waals surface area contributed by atoms with Crippen molar-refractivity contribution in [3.8, 4) is 0 Å². The minimum atomic E-state index is 0.300. The van der Waals surface area contributed by atoms with Gasteiger partial charge in [-0.3, -0.25) is 16.2 Å². The third-order valence-corrected chi connectivity index (χ3v) is 6.52. The summed E-state index contributed by atoms with van der Waals surface area (Å²) in [5.74, 6) is 8.78. The van der Waals surface area contributed by atoms with Gasteiger partial charge in [0.2, 0.25) is 0 Å². The first kappa shape index (κ1) is 13.5. The standard InChI is InChI=1S/C16H29N3O/c17-18-15(8-13-7-11-3-4-12(13)6-11)16-9-19-5-1-2-14(19)10-20-16/h11-16,18H,1-10,17H2. The Morgan fingerprint density at radius 2 is 2.20 bits per heavy atom. The molecule has 0 aromatic heterocycles. The molecule has 3 N–H and O–H groups in total. The molecular formula is C16H29N3O. The van der Waals surface area contributed by atoms with E-state index in [9.17, 15) is 0 Å². The van der Waals surface area contributed by atoms with Crippen molar-refractivity contribution < 1.29 is 4.74 Å². The molecule has 2 saturated carbocycles.